The van der Waals surface area contributed by atoms with Gasteiger partial charge in [0.2, 0.25) is 11.7 Å². The summed E-state index contributed by atoms with van der Waals surface area (Å²) in [5.41, 5.74) is 0. The second-order valence-corrected chi connectivity index (χ2v) is 4.55. The quantitative estimate of drug-likeness (QED) is 0.573. The smallest absolute Gasteiger partial charge is 0.290 e. The molecule has 0 aliphatic heterocycles. The standard InChI is InChI=1S/C12H21N5O3/c1-8(2)10-15-11(17-16-10)12(19)14-5-4-9(18)13-6-7-20-3/h8H,4-7H2,1-3H3,(H,13,18)(H,14,19)(H,15,16,17). The van der Waals surface area contributed by atoms with Crippen LogP contribution in [0.15, 0.2) is 0 Å². The molecule has 20 heavy (non-hydrogen) atoms. The van der Waals surface area contributed by atoms with Crippen LogP contribution in [-0.2, 0) is 9.53 Å². The highest BCUT2D eigenvalue weighted by Gasteiger charge is 2.13. The van der Waals surface area contributed by atoms with Crippen LogP contribution in [0.3, 0.4) is 0 Å². The van der Waals surface area contributed by atoms with E-state index in [1.807, 2.05) is 13.8 Å². The van der Waals surface area contributed by atoms with E-state index in [2.05, 4.69) is 25.8 Å². The number of H-pyrrole nitrogens is 1. The number of methoxy groups -OCH3 is 1. The Morgan fingerprint density at radius 3 is 2.65 bits per heavy atom. The number of carbonyl (C=O) groups excluding carboxylic acids is 2. The maximum absolute atomic E-state index is 11.7. The van der Waals surface area contributed by atoms with Gasteiger partial charge in [-0.1, -0.05) is 13.8 Å². The van der Waals surface area contributed by atoms with Gasteiger partial charge in [0.25, 0.3) is 5.91 Å². The summed E-state index contributed by atoms with van der Waals surface area (Å²) in [6.45, 7) is 5.07. The van der Waals surface area contributed by atoms with Crippen LogP contribution in [0.4, 0.5) is 0 Å². The number of ether oxygens (including phenoxy) is 1. The van der Waals surface area contributed by atoms with E-state index < -0.39 is 5.91 Å². The number of hydrogen-bond acceptors (Lipinski definition) is 5. The van der Waals surface area contributed by atoms with Crippen LogP contribution in [-0.4, -0.2) is 53.8 Å². The highest BCUT2D eigenvalue weighted by molar-refractivity contribution is 5.90. The number of nitrogens with one attached hydrogen (secondary N) is 3. The summed E-state index contributed by atoms with van der Waals surface area (Å²) in [4.78, 5) is 27.2. The minimum Gasteiger partial charge on any atom is -0.383 e. The fourth-order valence-corrected chi connectivity index (χ4v) is 1.38. The van der Waals surface area contributed by atoms with Crippen molar-refractivity contribution < 1.29 is 14.3 Å². The topological polar surface area (TPSA) is 109 Å². The molecule has 0 saturated carbocycles. The summed E-state index contributed by atoms with van der Waals surface area (Å²) >= 11 is 0. The number of aromatic nitrogens is 3. The first kappa shape index (κ1) is 16.1. The maximum Gasteiger partial charge on any atom is 0.290 e. The second kappa shape index (κ2) is 8.26. The van der Waals surface area contributed by atoms with Crippen molar-refractivity contribution in [2.24, 2.45) is 0 Å². The van der Waals surface area contributed by atoms with Gasteiger partial charge in [-0.15, -0.1) is 5.10 Å². The van der Waals surface area contributed by atoms with Crippen molar-refractivity contribution in [1.82, 2.24) is 25.8 Å². The summed E-state index contributed by atoms with van der Waals surface area (Å²) in [6, 6.07) is 0. The van der Waals surface area contributed by atoms with Gasteiger partial charge in [0.15, 0.2) is 0 Å². The van der Waals surface area contributed by atoms with Crippen LogP contribution in [0.25, 0.3) is 0 Å². The third-order valence-corrected chi connectivity index (χ3v) is 2.52. The lowest BCUT2D eigenvalue weighted by atomic mass is 10.2. The molecule has 0 unspecified atom stereocenters. The molecule has 3 N–H and O–H groups in total. The van der Waals surface area contributed by atoms with Crippen molar-refractivity contribution in [2.45, 2.75) is 26.2 Å². The van der Waals surface area contributed by atoms with Gasteiger partial charge in [-0.3, -0.25) is 14.7 Å². The molecule has 0 aliphatic rings. The third-order valence-electron chi connectivity index (χ3n) is 2.52. The number of nitrogens with zero attached hydrogens (tertiary/aromatic N) is 2. The van der Waals surface area contributed by atoms with E-state index in [9.17, 15) is 9.59 Å². The van der Waals surface area contributed by atoms with E-state index in [0.717, 1.165) is 0 Å². The molecule has 1 aromatic heterocycles. The molecule has 0 aromatic carbocycles. The number of carbonyl (C=O) groups is 2. The van der Waals surface area contributed by atoms with Crippen molar-refractivity contribution in [3.8, 4) is 0 Å². The van der Waals surface area contributed by atoms with Crippen LogP contribution >= 0.6 is 0 Å². The monoisotopic (exact) mass is 283 g/mol. The molecule has 1 aromatic rings. The minimum atomic E-state index is -0.391. The Morgan fingerprint density at radius 2 is 2.05 bits per heavy atom. The predicted octanol–water partition coefficient (Wildman–Crippen LogP) is -0.189. The molecule has 2 amide bonds. The van der Waals surface area contributed by atoms with Crippen LogP contribution in [0.2, 0.25) is 0 Å². The van der Waals surface area contributed by atoms with E-state index in [4.69, 9.17) is 4.74 Å². The van der Waals surface area contributed by atoms with Crippen LogP contribution in [0.1, 0.15) is 42.6 Å². The molecule has 0 spiro atoms. The SMILES string of the molecule is COCCNC(=O)CCNC(=O)c1n[nH]c(C(C)C)n1. The molecule has 0 radical (unpaired) electrons. The zero-order chi connectivity index (χ0) is 15.0. The van der Waals surface area contributed by atoms with Crippen molar-refractivity contribution in [2.75, 3.05) is 26.8 Å². The van der Waals surface area contributed by atoms with Gasteiger partial charge in [-0.2, -0.15) is 0 Å². The van der Waals surface area contributed by atoms with Gasteiger partial charge < -0.3 is 15.4 Å². The molecule has 0 atom stereocenters. The molecular weight excluding hydrogens is 262 g/mol. The molecule has 0 bridgehead atoms. The molecule has 0 fully saturated rings. The Balaban J connectivity index is 2.27. The normalized spacial score (nSPS) is 10.6. The van der Waals surface area contributed by atoms with E-state index in [-0.39, 0.29) is 30.6 Å². The van der Waals surface area contributed by atoms with E-state index in [1.165, 1.54) is 0 Å². The molecular formula is C12H21N5O3. The Bertz CT molecular complexity index is 444. The third kappa shape index (κ3) is 5.35. The second-order valence-electron chi connectivity index (χ2n) is 4.55. The lowest BCUT2D eigenvalue weighted by molar-refractivity contribution is -0.121. The van der Waals surface area contributed by atoms with Crippen LogP contribution in [0.5, 0.6) is 0 Å². The van der Waals surface area contributed by atoms with Crippen LogP contribution < -0.4 is 10.6 Å². The summed E-state index contributed by atoms with van der Waals surface area (Å²) in [6.07, 6.45) is 0.205. The Morgan fingerprint density at radius 1 is 1.30 bits per heavy atom. The number of hydrogen-bond donors (Lipinski definition) is 3. The number of rotatable bonds is 8. The van der Waals surface area contributed by atoms with E-state index >= 15 is 0 Å². The maximum atomic E-state index is 11.7. The Labute approximate surface area is 117 Å². The van der Waals surface area contributed by atoms with Crippen molar-refractivity contribution in [3.05, 3.63) is 11.6 Å². The van der Waals surface area contributed by atoms with Gasteiger partial charge in [0, 0.05) is 32.5 Å². The summed E-state index contributed by atoms with van der Waals surface area (Å²) in [5, 5.41) is 11.8. The van der Waals surface area contributed by atoms with Crippen LogP contribution in [0, 0.1) is 0 Å². The zero-order valence-electron chi connectivity index (χ0n) is 12.0. The molecule has 0 saturated heterocycles. The van der Waals surface area contributed by atoms with Gasteiger partial charge in [-0.05, 0) is 0 Å². The lowest BCUT2D eigenvalue weighted by Crippen LogP contribution is -2.32. The molecule has 8 nitrogen and oxygen atoms in total. The van der Waals surface area contributed by atoms with Crippen molar-refractivity contribution >= 4 is 11.8 Å². The molecule has 0 aliphatic carbocycles. The molecule has 1 heterocycles. The average Bonchev–Trinajstić information content (AvgIpc) is 2.88. The first-order valence-corrected chi connectivity index (χ1v) is 6.50. The van der Waals surface area contributed by atoms with Gasteiger partial charge in [0.05, 0.1) is 6.61 Å². The number of aromatic amines is 1. The first-order chi connectivity index (χ1) is 9.54. The van der Waals surface area contributed by atoms with Crippen molar-refractivity contribution in [3.63, 3.8) is 0 Å². The fourth-order valence-electron chi connectivity index (χ4n) is 1.38. The highest BCUT2D eigenvalue weighted by atomic mass is 16.5. The molecule has 112 valence electrons. The Kier molecular flexibility index (Phi) is 6.65. The fraction of sp³-hybridized carbons (Fsp3) is 0.667. The first-order valence-electron chi connectivity index (χ1n) is 6.50. The molecule has 8 heteroatoms. The highest BCUT2D eigenvalue weighted by Crippen LogP contribution is 2.07. The van der Waals surface area contributed by atoms with E-state index in [1.54, 1.807) is 7.11 Å². The summed E-state index contributed by atoms with van der Waals surface area (Å²) in [7, 11) is 1.56. The van der Waals surface area contributed by atoms with Gasteiger partial charge >= 0.3 is 0 Å². The minimum absolute atomic E-state index is 0.0912. The Hall–Kier alpha value is -1.96. The van der Waals surface area contributed by atoms with Crippen molar-refractivity contribution in [1.29, 1.82) is 0 Å². The molecule has 1 rings (SSSR count). The average molecular weight is 283 g/mol. The zero-order valence-corrected chi connectivity index (χ0v) is 12.0. The summed E-state index contributed by atoms with van der Waals surface area (Å²) < 4.78 is 4.81. The van der Waals surface area contributed by atoms with Gasteiger partial charge in [-0.25, -0.2) is 4.98 Å². The van der Waals surface area contributed by atoms with E-state index in [0.29, 0.717) is 19.0 Å². The predicted molar refractivity (Wildman–Crippen MR) is 72.3 cm³/mol. The number of amides is 2. The largest absolute Gasteiger partial charge is 0.383 e. The summed E-state index contributed by atoms with van der Waals surface area (Å²) in [5.74, 6) is 0.398. The lowest BCUT2D eigenvalue weighted by Gasteiger charge is -2.04. The van der Waals surface area contributed by atoms with Gasteiger partial charge in [0.1, 0.15) is 5.82 Å².